The van der Waals surface area contributed by atoms with Crippen LogP contribution in [0.25, 0.3) is 11.0 Å². The van der Waals surface area contributed by atoms with E-state index in [0.29, 0.717) is 36.2 Å². The van der Waals surface area contributed by atoms with Gasteiger partial charge in [0, 0.05) is 25.3 Å². The SMILES string of the molecule is CCN(C(=O)Cn1c(=O)n(CCc2ccccc2)c(=O)c2c1c(C)nn2CC)c1cccc(C)c1. The molecule has 2 aromatic carbocycles. The van der Waals surface area contributed by atoms with Gasteiger partial charge in [0.1, 0.15) is 12.1 Å². The highest BCUT2D eigenvalue weighted by atomic mass is 16.2. The fourth-order valence-electron chi connectivity index (χ4n) is 4.54. The summed E-state index contributed by atoms with van der Waals surface area (Å²) in [5, 5.41) is 4.49. The van der Waals surface area contributed by atoms with Crippen molar-refractivity contribution in [3.63, 3.8) is 0 Å². The van der Waals surface area contributed by atoms with Crippen LogP contribution in [0.4, 0.5) is 5.69 Å². The molecule has 0 bridgehead atoms. The van der Waals surface area contributed by atoms with Gasteiger partial charge in [-0.2, -0.15) is 5.10 Å². The van der Waals surface area contributed by atoms with Gasteiger partial charge in [-0.3, -0.25) is 23.4 Å². The number of hydrogen-bond acceptors (Lipinski definition) is 4. The number of anilines is 1. The minimum atomic E-state index is -0.495. The van der Waals surface area contributed by atoms with Crippen LogP contribution >= 0.6 is 0 Å². The molecular formula is C27H31N5O3. The molecule has 0 fully saturated rings. The predicted octanol–water partition coefficient (Wildman–Crippen LogP) is 3.29. The number of amides is 1. The van der Waals surface area contributed by atoms with Crippen molar-refractivity contribution in [3.8, 4) is 0 Å². The van der Waals surface area contributed by atoms with E-state index in [2.05, 4.69) is 5.10 Å². The summed E-state index contributed by atoms with van der Waals surface area (Å²) in [6.07, 6.45) is 0.527. The number of aromatic nitrogens is 4. The molecule has 1 amide bonds. The molecule has 0 N–H and O–H groups in total. The van der Waals surface area contributed by atoms with E-state index in [1.165, 1.54) is 9.13 Å². The van der Waals surface area contributed by atoms with Crippen LogP contribution < -0.4 is 16.1 Å². The van der Waals surface area contributed by atoms with Gasteiger partial charge < -0.3 is 4.90 Å². The fraction of sp³-hybridized carbons (Fsp3) is 0.333. The number of hydrogen-bond donors (Lipinski definition) is 0. The van der Waals surface area contributed by atoms with E-state index in [1.807, 2.05) is 75.4 Å². The van der Waals surface area contributed by atoms with Crippen LogP contribution in [0.5, 0.6) is 0 Å². The first kappa shape index (κ1) is 24.2. The van der Waals surface area contributed by atoms with Gasteiger partial charge in [-0.05, 0) is 57.4 Å². The molecular weight excluding hydrogens is 442 g/mol. The lowest BCUT2D eigenvalue weighted by Gasteiger charge is -2.22. The van der Waals surface area contributed by atoms with Gasteiger partial charge in [0.2, 0.25) is 5.91 Å². The van der Waals surface area contributed by atoms with E-state index in [-0.39, 0.29) is 24.6 Å². The summed E-state index contributed by atoms with van der Waals surface area (Å²) in [6, 6.07) is 17.4. The number of benzene rings is 2. The fourth-order valence-corrected chi connectivity index (χ4v) is 4.54. The van der Waals surface area contributed by atoms with E-state index >= 15 is 0 Å². The third-order valence-electron chi connectivity index (χ3n) is 6.27. The first-order valence-electron chi connectivity index (χ1n) is 12.0. The van der Waals surface area contributed by atoms with Gasteiger partial charge >= 0.3 is 5.69 Å². The molecule has 0 aliphatic rings. The van der Waals surface area contributed by atoms with Gasteiger partial charge in [0.25, 0.3) is 5.56 Å². The van der Waals surface area contributed by atoms with Crippen molar-refractivity contribution in [1.29, 1.82) is 0 Å². The lowest BCUT2D eigenvalue weighted by molar-refractivity contribution is -0.119. The Kier molecular flexibility index (Phi) is 7.00. The van der Waals surface area contributed by atoms with Crippen LogP contribution in [0.3, 0.4) is 0 Å². The van der Waals surface area contributed by atoms with Crippen molar-refractivity contribution in [2.24, 2.45) is 0 Å². The molecule has 182 valence electrons. The Morgan fingerprint density at radius 2 is 1.69 bits per heavy atom. The number of carbonyl (C=O) groups excluding carboxylic acids is 1. The van der Waals surface area contributed by atoms with Gasteiger partial charge in [-0.25, -0.2) is 4.79 Å². The van der Waals surface area contributed by atoms with Crippen molar-refractivity contribution in [3.05, 3.63) is 92.3 Å². The normalized spacial score (nSPS) is 11.2. The maximum Gasteiger partial charge on any atom is 0.332 e. The molecule has 0 aliphatic carbocycles. The molecule has 0 saturated carbocycles. The molecule has 4 aromatic rings. The Bertz CT molecular complexity index is 1480. The molecule has 0 atom stereocenters. The van der Waals surface area contributed by atoms with E-state index in [0.717, 1.165) is 16.8 Å². The molecule has 8 nitrogen and oxygen atoms in total. The van der Waals surface area contributed by atoms with Gasteiger partial charge in [-0.1, -0.05) is 42.5 Å². The molecule has 8 heteroatoms. The van der Waals surface area contributed by atoms with Crippen molar-refractivity contribution in [2.75, 3.05) is 11.4 Å². The Labute approximate surface area is 204 Å². The number of likely N-dealkylation sites (N-methyl/N-ethyl adjacent to an activating group) is 1. The monoisotopic (exact) mass is 473 g/mol. The second kappa shape index (κ2) is 10.1. The maximum absolute atomic E-state index is 13.6. The lowest BCUT2D eigenvalue weighted by Crippen LogP contribution is -2.44. The summed E-state index contributed by atoms with van der Waals surface area (Å²) in [7, 11) is 0. The van der Waals surface area contributed by atoms with Crippen LogP contribution in [-0.2, 0) is 30.8 Å². The standard InChI is InChI=1S/C27H31N5O3/c1-5-29(22-14-10-11-19(3)17-22)23(33)18-31-24-20(4)28-32(6-2)25(24)26(34)30(27(31)35)16-15-21-12-8-7-9-13-21/h7-14,17H,5-6,15-16,18H2,1-4H3. The van der Waals surface area contributed by atoms with E-state index < -0.39 is 5.69 Å². The Morgan fingerprint density at radius 1 is 0.943 bits per heavy atom. The van der Waals surface area contributed by atoms with Crippen molar-refractivity contribution in [2.45, 2.75) is 53.8 Å². The highest BCUT2D eigenvalue weighted by Crippen LogP contribution is 2.18. The summed E-state index contributed by atoms with van der Waals surface area (Å²) in [6.45, 7) is 8.52. The molecule has 2 heterocycles. The van der Waals surface area contributed by atoms with E-state index in [1.54, 1.807) is 16.5 Å². The molecule has 4 rings (SSSR count). The van der Waals surface area contributed by atoms with Crippen molar-refractivity contribution >= 4 is 22.6 Å². The first-order chi connectivity index (χ1) is 16.8. The number of nitrogens with zero attached hydrogens (tertiary/aromatic N) is 5. The highest BCUT2D eigenvalue weighted by Gasteiger charge is 2.23. The molecule has 0 unspecified atom stereocenters. The van der Waals surface area contributed by atoms with Gasteiger partial charge in [0.05, 0.1) is 5.69 Å². The van der Waals surface area contributed by atoms with Crippen LogP contribution in [0.2, 0.25) is 0 Å². The Balaban J connectivity index is 1.81. The maximum atomic E-state index is 13.6. The van der Waals surface area contributed by atoms with Crippen LogP contribution in [-0.4, -0.2) is 31.4 Å². The van der Waals surface area contributed by atoms with Gasteiger partial charge in [-0.15, -0.1) is 0 Å². The van der Waals surface area contributed by atoms with Crippen molar-refractivity contribution in [1.82, 2.24) is 18.9 Å². The number of rotatable bonds is 8. The molecule has 0 spiro atoms. The Morgan fingerprint density at radius 3 is 2.34 bits per heavy atom. The summed E-state index contributed by atoms with van der Waals surface area (Å²) in [5.74, 6) is -0.224. The smallest absolute Gasteiger partial charge is 0.311 e. The molecule has 35 heavy (non-hydrogen) atoms. The quantitative estimate of drug-likeness (QED) is 0.393. The molecule has 0 radical (unpaired) electrons. The summed E-state index contributed by atoms with van der Waals surface area (Å²) in [5.41, 5.74) is 3.30. The highest BCUT2D eigenvalue weighted by molar-refractivity contribution is 5.94. The predicted molar refractivity (Wildman–Crippen MR) is 138 cm³/mol. The minimum absolute atomic E-state index is 0.182. The molecule has 2 aromatic heterocycles. The van der Waals surface area contributed by atoms with Crippen LogP contribution in [0.1, 0.15) is 30.7 Å². The first-order valence-corrected chi connectivity index (χ1v) is 12.0. The topological polar surface area (TPSA) is 82.1 Å². The van der Waals surface area contributed by atoms with Gasteiger partial charge in [0.15, 0.2) is 5.52 Å². The zero-order valence-corrected chi connectivity index (χ0v) is 20.7. The second-order valence-electron chi connectivity index (χ2n) is 8.64. The average molecular weight is 474 g/mol. The van der Waals surface area contributed by atoms with Crippen molar-refractivity contribution < 1.29 is 4.79 Å². The minimum Gasteiger partial charge on any atom is -0.311 e. The summed E-state index contributed by atoms with van der Waals surface area (Å²) in [4.78, 5) is 42.2. The summed E-state index contributed by atoms with van der Waals surface area (Å²) < 4.78 is 4.26. The molecule has 0 saturated heterocycles. The van der Waals surface area contributed by atoms with E-state index in [4.69, 9.17) is 0 Å². The average Bonchev–Trinajstić information content (AvgIpc) is 3.19. The Hall–Kier alpha value is -3.94. The zero-order valence-electron chi connectivity index (χ0n) is 20.7. The second-order valence-corrected chi connectivity index (χ2v) is 8.64. The molecule has 0 aliphatic heterocycles. The number of aryl methyl sites for hydroxylation is 4. The third kappa shape index (κ3) is 4.69. The number of carbonyl (C=O) groups is 1. The van der Waals surface area contributed by atoms with Crippen LogP contribution in [0, 0.1) is 13.8 Å². The van der Waals surface area contributed by atoms with E-state index in [9.17, 15) is 14.4 Å². The lowest BCUT2D eigenvalue weighted by atomic mass is 10.1. The number of fused-ring (bicyclic) bond motifs is 1. The summed E-state index contributed by atoms with van der Waals surface area (Å²) >= 11 is 0. The zero-order chi connectivity index (χ0) is 25.1. The van der Waals surface area contributed by atoms with Crippen LogP contribution in [0.15, 0.2) is 64.2 Å². The third-order valence-corrected chi connectivity index (χ3v) is 6.27. The largest absolute Gasteiger partial charge is 0.332 e.